The van der Waals surface area contributed by atoms with E-state index in [4.69, 9.17) is 0 Å². The minimum Gasteiger partial charge on any atom is -0.339 e. The zero-order chi connectivity index (χ0) is 16.9. The van der Waals surface area contributed by atoms with Crippen molar-refractivity contribution in [2.24, 2.45) is 0 Å². The van der Waals surface area contributed by atoms with Crippen molar-refractivity contribution in [1.82, 2.24) is 4.98 Å². The third-order valence-electron chi connectivity index (χ3n) is 3.49. The summed E-state index contributed by atoms with van der Waals surface area (Å²) in [5.41, 5.74) is 3.22. The molecule has 0 atom stereocenters. The number of aryl methyl sites for hydroxylation is 1. The van der Waals surface area contributed by atoms with Crippen LogP contribution in [-0.4, -0.2) is 10.9 Å². The summed E-state index contributed by atoms with van der Waals surface area (Å²) in [7, 11) is 0. The summed E-state index contributed by atoms with van der Waals surface area (Å²) >= 11 is 3.49. The predicted molar refractivity (Wildman–Crippen MR) is 101 cm³/mol. The summed E-state index contributed by atoms with van der Waals surface area (Å²) in [4.78, 5) is 16.9. The molecule has 2 aromatic carbocycles. The first kappa shape index (κ1) is 16.2. The van der Waals surface area contributed by atoms with Crippen LogP contribution < -0.4 is 10.6 Å². The molecule has 3 aromatic rings. The van der Waals surface area contributed by atoms with Crippen molar-refractivity contribution in [2.75, 3.05) is 10.6 Å². The van der Waals surface area contributed by atoms with Gasteiger partial charge in [0.25, 0.3) is 5.91 Å². The van der Waals surface area contributed by atoms with Crippen molar-refractivity contribution in [3.63, 3.8) is 0 Å². The molecule has 1 amide bonds. The van der Waals surface area contributed by atoms with Gasteiger partial charge in [-0.25, -0.2) is 4.98 Å². The molecule has 0 saturated carbocycles. The van der Waals surface area contributed by atoms with Crippen molar-refractivity contribution in [1.29, 1.82) is 0 Å². The van der Waals surface area contributed by atoms with Gasteiger partial charge in [-0.3, -0.25) is 4.79 Å². The number of pyridine rings is 1. The quantitative estimate of drug-likeness (QED) is 0.656. The highest BCUT2D eigenvalue weighted by molar-refractivity contribution is 9.10. The van der Waals surface area contributed by atoms with Crippen molar-refractivity contribution in [3.05, 3.63) is 82.5 Å². The predicted octanol–water partition coefficient (Wildman–Crippen LogP) is 5.15. The molecule has 0 aliphatic carbocycles. The van der Waals surface area contributed by atoms with Gasteiger partial charge in [0.05, 0.1) is 11.3 Å². The Kier molecular flexibility index (Phi) is 4.91. The SMILES string of the molecule is Cc1ccc(NC(=O)c2cccnc2Nc2ccccc2Br)cc1. The van der Waals surface area contributed by atoms with E-state index >= 15 is 0 Å². The van der Waals surface area contributed by atoms with Gasteiger partial charge < -0.3 is 10.6 Å². The van der Waals surface area contributed by atoms with Crippen LogP contribution in [0.25, 0.3) is 0 Å². The van der Waals surface area contributed by atoms with E-state index in [9.17, 15) is 4.79 Å². The Bertz CT molecular complexity index is 862. The van der Waals surface area contributed by atoms with Crippen LogP contribution in [0.5, 0.6) is 0 Å². The fourth-order valence-electron chi connectivity index (χ4n) is 2.21. The number of carbonyl (C=O) groups is 1. The van der Waals surface area contributed by atoms with Gasteiger partial charge in [0.1, 0.15) is 5.82 Å². The highest BCUT2D eigenvalue weighted by Crippen LogP contribution is 2.26. The van der Waals surface area contributed by atoms with Crippen LogP contribution in [0.15, 0.2) is 71.3 Å². The highest BCUT2D eigenvalue weighted by atomic mass is 79.9. The zero-order valence-corrected chi connectivity index (χ0v) is 14.7. The van der Waals surface area contributed by atoms with E-state index in [0.717, 1.165) is 21.4 Å². The Balaban J connectivity index is 1.84. The number of halogens is 1. The molecule has 120 valence electrons. The van der Waals surface area contributed by atoms with Gasteiger partial charge >= 0.3 is 0 Å². The summed E-state index contributed by atoms with van der Waals surface area (Å²) in [5.74, 6) is 0.301. The average molecular weight is 382 g/mol. The largest absolute Gasteiger partial charge is 0.339 e. The molecule has 3 rings (SSSR count). The van der Waals surface area contributed by atoms with Crippen molar-refractivity contribution in [3.8, 4) is 0 Å². The number of para-hydroxylation sites is 1. The van der Waals surface area contributed by atoms with Crippen LogP contribution in [-0.2, 0) is 0 Å². The van der Waals surface area contributed by atoms with Gasteiger partial charge in [-0.15, -0.1) is 0 Å². The van der Waals surface area contributed by atoms with Crippen molar-refractivity contribution >= 4 is 39.0 Å². The fraction of sp³-hybridized carbons (Fsp3) is 0.0526. The highest BCUT2D eigenvalue weighted by Gasteiger charge is 2.13. The third-order valence-corrected chi connectivity index (χ3v) is 4.18. The van der Waals surface area contributed by atoms with Crippen LogP contribution in [0, 0.1) is 6.92 Å². The molecule has 1 heterocycles. The van der Waals surface area contributed by atoms with Gasteiger partial charge in [0, 0.05) is 16.4 Å². The van der Waals surface area contributed by atoms with Crippen LogP contribution in [0.2, 0.25) is 0 Å². The van der Waals surface area contributed by atoms with Gasteiger partial charge in [0.2, 0.25) is 0 Å². The first-order valence-corrected chi connectivity index (χ1v) is 8.27. The second kappa shape index (κ2) is 7.27. The molecule has 4 nitrogen and oxygen atoms in total. The molecular weight excluding hydrogens is 366 g/mol. The summed E-state index contributed by atoms with van der Waals surface area (Å²) < 4.78 is 0.903. The maximum Gasteiger partial charge on any atom is 0.259 e. The number of hydrogen-bond acceptors (Lipinski definition) is 3. The number of hydrogen-bond donors (Lipinski definition) is 2. The maximum atomic E-state index is 12.6. The molecule has 0 bridgehead atoms. The number of amides is 1. The Labute approximate surface area is 149 Å². The fourth-order valence-corrected chi connectivity index (χ4v) is 2.60. The van der Waals surface area contributed by atoms with Gasteiger partial charge in [-0.1, -0.05) is 29.8 Å². The van der Waals surface area contributed by atoms with Crippen LogP contribution in [0.4, 0.5) is 17.2 Å². The molecule has 2 N–H and O–H groups in total. The number of nitrogens with zero attached hydrogens (tertiary/aromatic N) is 1. The molecule has 0 fully saturated rings. The normalized spacial score (nSPS) is 10.2. The molecule has 0 aliphatic heterocycles. The molecule has 0 unspecified atom stereocenters. The lowest BCUT2D eigenvalue weighted by molar-refractivity contribution is 0.102. The van der Waals surface area contributed by atoms with E-state index in [1.165, 1.54) is 0 Å². The van der Waals surface area contributed by atoms with Gasteiger partial charge in [-0.05, 0) is 59.3 Å². The summed E-state index contributed by atoms with van der Waals surface area (Å²) in [6, 6.07) is 18.9. The Morgan fingerprint density at radius 3 is 2.50 bits per heavy atom. The monoisotopic (exact) mass is 381 g/mol. The van der Waals surface area contributed by atoms with E-state index in [2.05, 4.69) is 31.5 Å². The molecule has 0 aliphatic rings. The summed E-state index contributed by atoms with van der Waals surface area (Å²) in [5, 5.41) is 6.09. The number of aromatic nitrogens is 1. The number of benzene rings is 2. The lowest BCUT2D eigenvalue weighted by Crippen LogP contribution is -2.14. The van der Waals surface area contributed by atoms with E-state index < -0.39 is 0 Å². The van der Waals surface area contributed by atoms with Gasteiger partial charge in [0.15, 0.2) is 0 Å². The smallest absolute Gasteiger partial charge is 0.259 e. The lowest BCUT2D eigenvalue weighted by Gasteiger charge is -2.12. The first-order chi connectivity index (χ1) is 11.6. The Morgan fingerprint density at radius 1 is 1.00 bits per heavy atom. The number of rotatable bonds is 4. The topological polar surface area (TPSA) is 54.0 Å². The van der Waals surface area contributed by atoms with Crippen LogP contribution >= 0.6 is 15.9 Å². The van der Waals surface area contributed by atoms with E-state index in [0.29, 0.717) is 11.4 Å². The lowest BCUT2D eigenvalue weighted by atomic mass is 10.2. The molecule has 1 aromatic heterocycles. The van der Waals surface area contributed by atoms with Gasteiger partial charge in [-0.2, -0.15) is 0 Å². The third kappa shape index (κ3) is 3.81. The van der Waals surface area contributed by atoms with Crippen LogP contribution in [0.1, 0.15) is 15.9 Å². The average Bonchev–Trinajstić information content (AvgIpc) is 2.59. The molecule has 5 heteroatoms. The molecule has 0 spiro atoms. The zero-order valence-electron chi connectivity index (χ0n) is 13.1. The second-order valence-corrected chi connectivity index (χ2v) is 6.18. The van der Waals surface area contributed by atoms with Crippen molar-refractivity contribution < 1.29 is 4.79 Å². The molecule has 0 radical (unpaired) electrons. The minimum absolute atomic E-state index is 0.207. The standard InChI is InChI=1S/C19H16BrN3O/c1-13-8-10-14(11-9-13)22-19(24)15-5-4-12-21-18(15)23-17-7-3-2-6-16(17)20/h2-12H,1H3,(H,21,23)(H,22,24). The maximum absolute atomic E-state index is 12.6. The summed E-state index contributed by atoms with van der Waals surface area (Å²) in [6.45, 7) is 2.01. The van der Waals surface area contributed by atoms with E-state index in [-0.39, 0.29) is 5.91 Å². The molecular formula is C19H16BrN3O. The molecule has 24 heavy (non-hydrogen) atoms. The number of anilines is 3. The Morgan fingerprint density at radius 2 is 1.75 bits per heavy atom. The van der Waals surface area contributed by atoms with Crippen molar-refractivity contribution in [2.45, 2.75) is 6.92 Å². The first-order valence-electron chi connectivity index (χ1n) is 7.48. The molecule has 0 saturated heterocycles. The Hall–Kier alpha value is -2.66. The second-order valence-electron chi connectivity index (χ2n) is 5.32. The number of nitrogens with one attached hydrogen (secondary N) is 2. The van der Waals surface area contributed by atoms with Crippen LogP contribution in [0.3, 0.4) is 0 Å². The minimum atomic E-state index is -0.207. The summed E-state index contributed by atoms with van der Waals surface area (Å²) in [6.07, 6.45) is 1.65. The number of carbonyl (C=O) groups excluding carboxylic acids is 1. The van der Waals surface area contributed by atoms with E-state index in [1.807, 2.05) is 55.5 Å². The van der Waals surface area contributed by atoms with E-state index in [1.54, 1.807) is 18.3 Å².